The first kappa shape index (κ1) is 44.7. The van der Waals surface area contributed by atoms with Crippen LogP contribution < -0.4 is 4.90 Å². The van der Waals surface area contributed by atoms with Gasteiger partial charge in [0.2, 0.25) is 0 Å². The minimum Gasteiger partial charge on any atom is -0.481 e. The summed E-state index contributed by atoms with van der Waals surface area (Å²) < 4.78 is 0. The molecule has 5 atom stereocenters. The van der Waals surface area contributed by atoms with Crippen molar-refractivity contribution in [2.75, 3.05) is 31.1 Å². The first-order valence-electron chi connectivity index (χ1n) is 22.9. The quantitative estimate of drug-likeness (QED) is 0.0571. The number of thiazole rings is 1. The summed E-state index contributed by atoms with van der Waals surface area (Å²) in [6.07, 6.45) is 10.5. The fourth-order valence-electron chi connectivity index (χ4n) is 10.1. The monoisotopic (exact) mass is 885 g/mol. The third-order valence-electron chi connectivity index (χ3n) is 13.5. The zero-order chi connectivity index (χ0) is 44.4. The molecule has 0 saturated carbocycles. The summed E-state index contributed by atoms with van der Waals surface area (Å²) in [5.41, 5.74) is 6.89. The van der Waals surface area contributed by atoms with Gasteiger partial charge in [-0.1, -0.05) is 121 Å². The second-order valence-electron chi connectivity index (χ2n) is 17.6. The van der Waals surface area contributed by atoms with E-state index in [0.717, 1.165) is 77.8 Å². The molecule has 64 heavy (non-hydrogen) atoms. The molecule has 2 saturated heterocycles. The van der Waals surface area contributed by atoms with Crippen LogP contribution in [0.25, 0.3) is 21.6 Å². The van der Waals surface area contributed by atoms with E-state index in [2.05, 4.69) is 124 Å². The van der Waals surface area contributed by atoms with E-state index in [-0.39, 0.29) is 11.8 Å². The van der Waals surface area contributed by atoms with Crippen molar-refractivity contribution >= 4 is 28.4 Å². The maximum Gasteiger partial charge on any atom is 0.307 e. The predicted octanol–water partition coefficient (Wildman–Crippen LogP) is 8.29. The molecule has 0 spiro atoms. The number of hydrogen-bond acceptors (Lipinski definition) is 12. The molecule has 1 unspecified atom stereocenters. The van der Waals surface area contributed by atoms with Crippen LogP contribution in [0.2, 0.25) is 0 Å². The summed E-state index contributed by atoms with van der Waals surface area (Å²) >= 11 is 1.75. The van der Waals surface area contributed by atoms with Gasteiger partial charge < -0.3 is 15.1 Å². The third kappa shape index (κ3) is 10.7. The number of carboxylic acid groups (broad SMARTS) is 2. The van der Waals surface area contributed by atoms with Crippen molar-refractivity contribution in [3.05, 3.63) is 107 Å². The van der Waals surface area contributed by atoms with Crippen molar-refractivity contribution in [3.8, 4) is 21.6 Å². The number of aromatic amines is 2. The Morgan fingerprint density at radius 1 is 0.734 bits per heavy atom. The number of H-pyrrole nitrogens is 2. The van der Waals surface area contributed by atoms with E-state index in [0.29, 0.717) is 49.2 Å². The van der Waals surface area contributed by atoms with Gasteiger partial charge in [0.25, 0.3) is 0 Å². The van der Waals surface area contributed by atoms with Crippen LogP contribution in [0.3, 0.4) is 0 Å². The van der Waals surface area contributed by atoms with Crippen molar-refractivity contribution in [2.24, 2.45) is 23.7 Å². The number of carbonyl (C=O) groups is 2. The van der Waals surface area contributed by atoms with E-state index in [9.17, 15) is 19.8 Å². The van der Waals surface area contributed by atoms with Gasteiger partial charge in [-0.15, -0.1) is 20.4 Å². The molecular formula is C48H59N11O4S. The number of piperidine rings is 2. The molecule has 8 rings (SSSR count). The van der Waals surface area contributed by atoms with E-state index < -0.39 is 23.8 Å². The minimum atomic E-state index is -0.833. The number of likely N-dealkylation sites (tertiary alicyclic amines) is 1. The van der Waals surface area contributed by atoms with Gasteiger partial charge in [-0.05, 0) is 110 Å². The molecule has 336 valence electrons. The smallest absolute Gasteiger partial charge is 0.307 e. The molecule has 15 nitrogen and oxygen atoms in total. The summed E-state index contributed by atoms with van der Waals surface area (Å²) in [6.45, 7) is 9.13. The minimum absolute atomic E-state index is 0.367. The average molecular weight is 886 g/mol. The largest absolute Gasteiger partial charge is 0.481 e. The van der Waals surface area contributed by atoms with Gasteiger partial charge in [0.05, 0.1) is 16.7 Å². The maximum atomic E-state index is 12.2. The van der Waals surface area contributed by atoms with Crippen LogP contribution in [0.5, 0.6) is 0 Å². The number of aliphatic carboxylic acids is 2. The highest BCUT2D eigenvalue weighted by Crippen LogP contribution is 2.39. The Labute approximate surface area is 378 Å². The molecule has 3 aromatic carbocycles. The van der Waals surface area contributed by atoms with Gasteiger partial charge in [0, 0.05) is 37.7 Å². The molecule has 2 fully saturated rings. The standard InChI is InChI=1S/C48H59N11O4S/c1-3-8-39(46(60)61)41(44-50-54-55-51-44)26-31-13-17-34(18-14-31)38-12-6-5-10-37(38)29-58-24-21-33(22-25-58)36-11-7-23-59(30-36)48-49-28-43(64-48)35-19-15-32(16-20-35)27-42(45-52-56-57-53-45)40(9-4-2)47(62)63/h5-6,10,12-20,28,33,36,39-42H,3-4,7-9,11,21-27,29-30H2,1-2H3,(H,60,61)(H,62,63)(H,50,51,54,55)(H,52,53,56,57)/t36?,39-,40-,41-,42-/m0/s1. The highest BCUT2D eigenvalue weighted by molar-refractivity contribution is 7.18. The lowest BCUT2D eigenvalue weighted by Crippen LogP contribution is -2.42. The fraction of sp³-hybridized carbons (Fsp3) is 0.479. The third-order valence-corrected chi connectivity index (χ3v) is 14.6. The fourth-order valence-corrected chi connectivity index (χ4v) is 11.1. The van der Waals surface area contributed by atoms with E-state index in [1.807, 2.05) is 20.0 Å². The average Bonchev–Trinajstić information content (AvgIpc) is 4.15. The molecule has 2 aliphatic heterocycles. The summed E-state index contributed by atoms with van der Waals surface area (Å²) in [7, 11) is 0. The summed E-state index contributed by atoms with van der Waals surface area (Å²) in [4.78, 5) is 35.6. The van der Waals surface area contributed by atoms with Crippen LogP contribution in [0.15, 0.2) is 79.0 Å². The topological polar surface area (TPSA) is 203 Å². The Hall–Kier alpha value is -5.87. The van der Waals surface area contributed by atoms with Crippen LogP contribution in [0, 0.1) is 23.7 Å². The van der Waals surface area contributed by atoms with Gasteiger partial charge >= 0.3 is 11.9 Å². The SMILES string of the molecule is CCC[C@H](C(=O)O)[C@H](Cc1ccc(-c2cnc(N3CCCC(C4CCN(Cc5ccccc5-c5ccc(C[C@H](c6nn[nH]n6)[C@H](CCC)C(=O)O)cc5)CC4)C3)s2)cc1)c1nn[nH]n1. The number of anilines is 1. The van der Waals surface area contributed by atoms with Crippen LogP contribution in [-0.2, 0) is 29.0 Å². The number of hydrogen-bond donors (Lipinski definition) is 4. The van der Waals surface area contributed by atoms with Gasteiger partial charge in [0.1, 0.15) is 0 Å². The van der Waals surface area contributed by atoms with E-state index in [1.54, 1.807) is 11.3 Å². The van der Waals surface area contributed by atoms with E-state index >= 15 is 0 Å². The lowest BCUT2D eigenvalue weighted by Gasteiger charge is -2.41. The second kappa shape index (κ2) is 21.2. The molecule has 16 heteroatoms. The Morgan fingerprint density at radius 2 is 1.31 bits per heavy atom. The normalized spacial score (nSPS) is 18.1. The summed E-state index contributed by atoms with van der Waals surface area (Å²) in [5.74, 6) is -1.34. The van der Waals surface area contributed by atoms with Gasteiger partial charge in [-0.2, -0.15) is 10.4 Å². The molecule has 0 amide bonds. The van der Waals surface area contributed by atoms with Crippen LogP contribution in [-0.4, -0.2) is 99.5 Å². The molecule has 0 aliphatic carbocycles. The molecule has 5 heterocycles. The molecule has 3 aromatic heterocycles. The number of benzene rings is 3. The van der Waals surface area contributed by atoms with Crippen molar-refractivity contribution in [1.82, 2.24) is 51.1 Å². The van der Waals surface area contributed by atoms with E-state index in [4.69, 9.17) is 4.98 Å². The van der Waals surface area contributed by atoms with Gasteiger partial charge in [-0.25, -0.2) is 4.98 Å². The van der Waals surface area contributed by atoms with Gasteiger partial charge in [-0.3, -0.25) is 14.5 Å². The lowest BCUT2D eigenvalue weighted by atomic mass is 9.79. The molecule has 0 bridgehead atoms. The Bertz CT molecular complexity index is 2380. The van der Waals surface area contributed by atoms with Crippen molar-refractivity contribution in [2.45, 2.75) is 96.4 Å². The second-order valence-corrected chi connectivity index (χ2v) is 18.7. The van der Waals surface area contributed by atoms with Crippen molar-refractivity contribution in [1.29, 1.82) is 0 Å². The summed E-state index contributed by atoms with van der Waals surface area (Å²) in [6, 6.07) is 25.6. The molecular weight excluding hydrogens is 827 g/mol. The summed E-state index contributed by atoms with van der Waals surface area (Å²) in [5, 5.41) is 50.2. The van der Waals surface area contributed by atoms with Crippen molar-refractivity contribution < 1.29 is 19.8 Å². The number of nitrogens with zero attached hydrogens (tertiary/aromatic N) is 9. The first-order valence-corrected chi connectivity index (χ1v) is 23.7. The molecule has 6 aromatic rings. The zero-order valence-corrected chi connectivity index (χ0v) is 37.5. The van der Waals surface area contributed by atoms with Crippen LogP contribution >= 0.6 is 11.3 Å². The van der Waals surface area contributed by atoms with Gasteiger partial charge in [0.15, 0.2) is 16.8 Å². The first-order chi connectivity index (χ1) is 31.3. The number of rotatable bonds is 20. The van der Waals surface area contributed by atoms with Crippen LogP contribution in [0.1, 0.15) is 105 Å². The number of nitrogens with one attached hydrogen (secondary N) is 2. The molecule has 4 N–H and O–H groups in total. The zero-order valence-electron chi connectivity index (χ0n) is 36.7. The van der Waals surface area contributed by atoms with E-state index in [1.165, 1.54) is 36.8 Å². The highest BCUT2D eigenvalue weighted by atomic mass is 32.1. The lowest BCUT2D eigenvalue weighted by molar-refractivity contribution is -0.144. The Kier molecular flexibility index (Phi) is 14.8. The van der Waals surface area contributed by atoms with Crippen LogP contribution in [0.4, 0.5) is 5.13 Å². The number of carboxylic acids is 2. The Balaban J connectivity index is 0.850. The predicted molar refractivity (Wildman–Crippen MR) is 246 cm³/mol. The highest BCUT2D eigenvalue weighted by Gasteiger charge is 2.34. The Morgan fingerprint density at radius 3 is 1.86 bits per heavy atom. The molecule has 0 radical (unpaired) electrons. The molecule has 2 aliphatic rings. The number of aromatic nitrogens is 9. The maximum absolute atomic E-state index is 12.2. The number of tetrazole rings is 2. The van der Waals surface area contributed by atoms with Crippen molar-refractivity contribution in [3.63, 3.8) is 0 Å².